The zero-order valence-corrected chi connectivity index (χ0v) is 8.49. The number of carbonyl (C=O) groups is 1. The van der Waals surface area contributed by atoms with Gasteiger partial charge in [0.05, 0.1) is 19.3 Å². The molecule has 0 radical (unpaired) electrons. The quantitative estimate of drug-likeness (QED) is 0.686. The van der Waals surface area contributed by atoms with Crippen LogP contribution in [-0.2, 0) is 14.3 Å². The molecular weight excluding hydrogens is 196 g/mol. The number of carbonyl (C=O) groups excluding carboxylic acids is 1. The summed E-state index contributed by atoms with van der Waals surface area (Å²) in [5.41, 5.74) is -0.932. The van der Waals surface area contributed by atoms with Gasteiger partial charge in [-0.05, 0) is 12.8 Å². The second-order valence-corrected chi connectivity index (χ2v) is 4.05. The molecule has 0 aromatic heterocycles. The van der Waals surface area contributed by atoms with Crippen LogP contribution < -0.4 is 5.32 Å². The van der Waals surface area contributed by atoms with E-state index >= 15 is 0 Å². The Kier molecular flexibility index (Phi) is 2.89. The maximum atomic E-state index is 11.8. The van der Waals surface area contributed by atoms with Crippen molar-refractivity contribution in [1.29, 1.82) is 5.26 Å². The number of rotatable bonds is 2. The Labute approximate surface area is 88.3 Å². The second kappa shape index (κ2) is 4.17. The molecule has 2 fully saturated rings. The van der Waals surface area contributed by atoms with E-state index in [-0.39, 0.29) is 25.2 Å². The maximum Gasteiger partial charge on any atom is 0.245 e. The van der Waals surface area contributed by atoms with Gasteiger partial charge < -0.3 is 14.8 Å². The van der Waals surface area contributed by atoms with Gasteiger partial charge in [0.2, 0.25) is 5.91 Å². The van der Waals surface area contributed by atoms with E-state index in [0.717, 1.165) is 12.8 Å². The molecule has 0 saturated carbocycles. The zero-order valence-electron chi connectivity index (χ0n) is 8.49. The van der Waals surface area contributed by atoms with E-state index in [1.54, 1.807) is 0 Å². The Balaban J connectivity index is 1.88. The lowest BCUT2D eigenvalue weighted by molar-refractivity contribution is -0.151. The lowest BCUT2D eigenvalue weighted by Crippen LogP contribution is -2.55. The van der Waals surface area contributed by atoms with E-state index in [9.17, 15) is 4.79 Å². The Hall–Kier alpha value is -1.12. The molecule has 0 aromatic rings. The molecule has 82 valence electrons. The summed E-state index contributed by atoms with van der Waals surface area (Å²) in [6.45, 7) is 1.80. The highest BCUT2D eigenvalue weighted by Gasteiger charge is 2.47. The van der Waals surface area contributed by atoms with Crippen LogP contribution in [0.25, 0.3) is 0 Å². The molecule has 0 aliphatic carbocycles. The summed E-state index contributed by atoms with van der Waals surface area (Å²) in [6, 6.07) is 2.19. The molecule has 2 aliphatic rings. The molecule has 1 N–H and O–H groups in total. The largest absolute Gasteiger partial charge is 0.381 e. The van der Waals surface area contributed by atoms with E-state index in [1.807, 2.05) is 6.07 Å². The summed E-state index contributed by atoms with van der Waals surface area (Å²) < 4.78 is 10.1. The van der Waals surface area contributed by atoms with Gasteiger partial charge in [-0.1, -0.05) is 0 Å². The van der Waals surface area contributed by atoms with E-state index < -0.39 is 5.41 Å². The molecule has 5 nitrogen and oxygen atoms in total. The SMILES string of the molecule is N#CC1(C(=O)NC2CCOCC2)COC1. The Morgan fingerprint density at radius 3 is 2.47 bits per heavy atom. The molecule has 0 unspecified atom stereocenters. The molecule has 0 bridgehead atoms. The van der Waals surface area contributed by atoms with Crippen LogP contribution in [0.15, 0.2) is 0 Å². The van der Waals surface area contributed by atoms with Crippen molar-refractivity contribution < 1.29 is 14.3 Å². The van der Waals surface area contributed by atoms with Crippen LogP contribution in [0.3, 0.4) is 0 Å². The summed E-state index contributed by atoms with van der Waals surface area (Å²) in [7, 11) is 0. The van der Waals surface area contributed by atoms with Crippen molar-refractivity contribution in [2.45, 2.75) is 18.9 Å². The highest BCUT2D eigenvalue weighted by Crippen LogP contribution is 2.27. The number of hydrogen-bond acceptors (Lipinski definition) is 4. The summed E-state index contributed by atoms with van der Waals surface area (Å²) in [6.07, 6.45) is 1.65. The minimum absolute atomic E-state index is 0.150. The third-order valence-electron chi connectivity index (χ3n) is 2.90. The van der Waals surface area contributed by atoms with Crippen molar-refractivity contribution in [2.75, 3.05) is 26.4 Å². The van der Waals surface area contributed by atoms with Crippen LogP contribution in [0.5, 0.6) is 0 Å². The van der Waals surface area contributed by atoms with Gasteiger partial charge in [-0.15, -0.1) is 0 Å². The van der Waals surface area contributed by atoms with Gasteiger partial charge in [-0.25, -0.2) is 0 Å². The first-order valence-electron chi connectivity index (χ1n) is 5.14. The smallest absolute Gasteiger partial charge is 0.245 e. The maximum absolute atomic E-state index is 11.8. The Morgan fingerprint density at radius 1 is 1.33 bits per heavy atom. The van der Waals surface area contributed by atoms with Crippen molar-refractivity contribution in [2.24, 2.45) is 5.41 Å². The zero-order chi connectivity index (χ0) is 10.7. The third-order valence-corrected chi connectivity index (χ3v) is 2.90. The molecule has 0 spiro atoms. The Bertz CT molecular complexity index is 288. The molecule has 2 heterocycles. The number of ether oxygens (including phenoxy) is 2. The van der Waals surface area contributed by atoms with Crippen molar-refractivity contribution >= 4 is 5.91 Å². The van der Waals surface area contributed by atoms with Gasteiger partial charge in [0.25, 0.3) is 0 Å². The van der Waals surface area contributed by atoms with E-state index in [0.29, 0.717) is 13.2 Å². The van der Waals surface area contributed by atoms with Crippen molar-refractivity contribution in [3.05, 3.63) is 0 Å². The van der Waals surface area contributed by atoms with E-state index in [4.69, 9.17) is 14.7 Å². The molecule has 15 heavy (non-hydrogen) atoms. The molecule has 2 aliphatic heterocycles. The predicted molar refractivity (Wildman–Crippen MR) is 50.8 cm³/mol. The van der Waals surface area contributed by atoms with Gasteiger partial charge in [0.15, 0.2) is 5.41 Å². The van der Waals surface area contributed by atoms with Crippen molar-refractivity contribution in [3.63, 3.8) is 0 Å². The highest BCUT2D eigenvalue weighted by molar-refractivity contribution is 5.86. The molecule has 0 aromatic carbocycles. The fourth-order valence-electron chi connectivity index (χ4n) is 1.72. The Morgan fingerprint density at radius 2 is 2.00 bits per heavy atom. The minimum atomic E-state index is -0.932. The van der Waals surface area contributed by atoms with E-state index in [1.165, 1.54) is 0 Å². The van der Waals surface area contributed by atoms with Crippen LogP contribution in [0.1, 0.15) is 12.8 Å². The fraction of sp³-hybridized carbons (Fsp3) is 0.800. The van der Waals surface area contributed by atoms with Crippen molar-refractivity contribution in [3.8, 4) is 6.07 Å². The standard InChI is InChI=1S/C10H14N2O3/c11-5-10(6-15-7-10)9(13)12-8-1-3-14-4-2-8/h8H,1-4,6-7H2,(H,12,13). The molecule has 2 rings (SSSR count). The lowest BCUT2D eigenvalue weighted by Gasteiger charge is -2.35. The molecular formula is C10H14N2O3. The van der Waals surface area contributed by atoms with Gasteiger partial charge in [-0.3, -0.25) is 4.79 Å². The first-order valence-corrected chi connectivity index (χ1v) is 5.14. The van der Waals surface area contributed by atoms with Crippen LogP contribution in [0.2, 0.25) is 0 Å². The molecule has 0 atom stereocenters. The minimum Gasteiger partial charge on any atom is -0.381 e. The molecule has 2 saturated heterocycles. The number of nitrogens with one attached hydrogen (secondary N) is 1. The van der Waals surface area contributed by atoms with Crippen LogP contribution >= 0.6 is 0 Å². The molecule has 1 amide bonds. The molecule has 5 heteroatoms. The average molecular weight is 210 g/mol. The summed E-state index contributed by atoms with van der Waals surface area (Å²) >= 11 is 0. The monoisotopic (exact) mass is 210 g/mol. The van der Waals surface area contributed by atoms with Crippen LogP contribution in [-0.4, -0.2) is 38.4 Å². The van der Waals surface area contributed by atoms with Gasteiger partial charge in [0, 0.05) is 19.3 Å². The summed E-state index contributed by atoms with van der Waals surface area (Å²) in [4.78, 5) is 11.8. The summed E-state index contributed by atoms with van der Waals surface area (Å²) in [5, 5.41) is 11.8. The van der Waals surface area contributed by atoms with Gasteiger partial charge in [0.1, 0.15) is 0 Å². The predicted octanol–water partition coefficient (Wildman–Crippen LogP) is -0.178. The van der Waals surface area contributed by atoms with Crippen LogP contribution in [0.4, 0.5) is 0 Å². The van der Waals surface area contributed by atoms with Gasteiger partial charge >= 0.3 is 0 Å². The topological polar surface area (TPSA) is 71.4 Å². The summed E-state index contributed by atoms with van der Waals surface area (Å²) in [5.74, 6) is -0.192. The van der Waals surface area contributed by atoms with Crippen molar-refractivity contribution in [1.82, 2.24) is 5.32 Å². The number of nitrogens with zero attached hydrogens (tertiary/aromatic N) is 1. The first kappa shape index (κ1) is 10.4. The second-order valence-electron chi connectivity index (χ2n) is 4.05. The van der Waals surface area contributed by atoms with Gasteiger partial charge in [-0.2, -0.15) is 5.26 Å². The fourth-order valence-corrected chi connectivity index (χ4v) is 1.72. The normalized spacial score (nSPS) is 25.0. The third kappa shape index (κ3) is 1.96. The first-order chi connectivity index (χ1) is 7.27. The lowest BCUT2D eigenvalue weighted by atomic mass is 9.86. The highest BCUT2D eigenvalue weighted by atomic mass is 16.5. The number of nitriles is 1. The number of hydrogen-bond donors (Lipinski definition) is 1. The number of amides is 1. The van der Waals surface area contributed by atoms with E-state index in [2.05, 4.69) is 5.32 Å². The van der Waals surface area contributed by atoms with Crippen LogP contribution in [0, 0.1) is 16.7 Å². The average Bonchev–Trinajstić information content (AvgIpc) is 2.18.